The average molecular weight is 510 g/mol. The van der Waals surface area contributed by atoms with Crippen LogP contribution in [0.15, 0.2) is 72.3 Å². The molecule has 0 spiro atoms. The van der Waals surface area contributed by atoms with Crippen molar-refractivity contribution in [2.24, 2.45) is 5.92 Å². The molecule has 0 saturated carbocycles. The van der Waals surface area contributed by atoms with E-state index in [2.05, 4.69) is 0 Å². The minimum Gasteiger partial charge on any atom is -0.507 e. The van der Waals surface area contributed by atoms with Gasteiger partial charge in [0.2, 0.25) is 0 Å². The number of ether oxygens (including phenoxy) is 2. The summed E-state index contributed by atoms with van der Waals surface area (Å²) in [4.78, 5) is 27.7. The number of carbonyl (C=O) groups excluding carboxylic acids is 2. The molecule has 1 N–H and O–H groups in total. The zero-order valence-corrected chi connectivity index (χ0v) is 20.8. The second kappa shape index (κ2) is 10.4. The summed E-state index contributed by atoms with van der Waals surface area (Å²) in [6.45, 7) is 4.60. The minimum absolute atomic E-state index is 0.107. The van der Waals surface area contributed by atoms with Gasteiger partial charge in [0.15, 0.2) is 0 Å². The number of halogens is 2. The second-order valence-corrected chi connectivity index (χ2v) is 9.18. The smallest absolute Gasteiger partial charge is 0.300 e. The molecule has 0 bridgehead atoms. The molecule has 3 aromatic carbocycles. The van der Waals surface area contributed by atoms with Crippen LogP contribution in [0.3, 0.4) is 0 Å². The number of carbonyl (C=O) groups is 2. The summed E-state index contributed by atoms with van der Waals surface area (Å²) in [7, 11) is 1.50. The fraction of sp³-hybridized carbons (Fsp3) is 0.214. The number of rotatable bonds is 7. The van der Waals surface area contributed by atoms with E-state index < -0.39 is 23.5 Å². The predicted octanol–water partition coefficient (Wildman–Crippen LogP) is 6.15. The van der Waals surface area contributed by atoms with Crippen LogP contribution in [0.5, 0.6) is 11.5 Å². The predicted molar refractivity (Wildman–Crippen MR) is 136 cm³/mol. The molecular weight excluding hydrogens is 485 g/mol. The van der Waals surface area contributed by atoms with Crippen molar-refractivity contribution in [3.63, 3.8) is 0 Å². The Bertz CT molecular complexity index is 1340. The number of hydrogen-bond acceptors (Lipinski definition) is 5. The largest absolute Gasteiger partial charge is 0.507 e. The highest BCUT2D eigenvalue weighted by Crippen LogP contribution is 2.43. The second-order valence-electron chi connectivity index (χ2n) is 8.77. The quantitative estimate of drug-likeness (QED) is 0.235. The number of nitrogens with zero attached hydrogens (tertiary/aromatic N) is 1. The highest BCUT2D eigenvalue weighted by Gasteiger charge is 2.47. The number of amides is 1. The van der Waals surface area contributed by atoms with Gasteiger partial charge in [0.25, 0.3) is 11.7 Å². The molecule has 0 radical (unpaired) electrons. The number of benzene rings is 3. The molecule has 1 saturated heterocycles. The SMILES string of the molecule is COc1cccc(C2/C(=C(\O)c3ccc(OCC(C)C)cc3)C(=O)C(=O)N2c2ccc(F)c(Cl)c2)c1. The highest BCUT2D eigenvalue weighted by atomic mass is 35.5. The van der Waals surface area contributed by atoms with Gasteiger partial charge in [-0.15, -0.1) is 0 Å². The molecule has 4 rings (SSSR count). The van der Waals surface area contributed by atoms with Gasteiger partial charge in [0.1, 0.15) is 23.1 Å². The molecule has 3 aromatic rings. The Morgan fingerprint density at radius 3 is 2.42 bits per heavy atom. The first-order valence-electron chi connectivity index (χ1n) is 11.3. The lowest BCUT2D eigenvalue weighted by molar-refractivity contribution is -0.132. The van der Waals surface area contributed by atoms with E-state index in [-0.39, 0.29) is 22.0 Å². The Morgan fingerprint density at radius 1 is 1.06 bits per heavy atom. The molecule has 1 amide bonds. The maximum absolute atomic E-state index is 13.9. The lowest BCUT2D eigenvalue weighted by Crippen LogP contribution is -2.29. The summed E-state index contributed by atoms with van der Waals surface area (Å²) in [6.07, 6.45) is 0. The molecule has 186 valence electrons. The van der Waals surface area contributed by atoms with Crippen LogP contribution >= 0.6 is 11.6 Å². The lowest BCUT2D eigenvalue weighted by Gasteiger charge is -2.26. The summed E-state index contributed by atoms with van der Waals surface area (Å²) in [5.74, 6) is -1.28. The Hall–Kier alpha value is -3.84. The van der Waals surface area contributed by atoms with Crippen molar-refractivity contribution in [2.75, 3.05) is 18.6 Å². The zero-order chi connectivity index (χ0) is 26.0. The number of aliphatic hydroxyl groups is 1. The minimum atomic E-state index is -1.00. The molecule has 8 heteroatoms. The van der Waals surface area contributed by atoms with E-state index >= 15 is 0 Å². The first-order valence-corrected chi connectivity index (χ1v) is 11.7. The molecule has 1 aliphatic rings. The third-order valence-electron chi connectivity index (χ3n) is 5.75. The summed E-state index contributed by atoms with van der Waals surface area (Å²) in [5.41, 5.74) is 0.972. The van der Waals surface area contributed by atoms with Crippen molar-refractivity contribution in [3.05, 3.63) is 94.3 Å². The molecule has 1 heterocycles. The Labute approximate surface area is 213 Å². The zero-order valence-electron chi connectivity index (χ0n) is 20.0. The molecule has 1 atom stereocenters. The van der Waals surface area contributed by atoms with Crippen LogP contribution in [0, 0.1) is 11.7 Å². The number of Topliss-reactive ketones (excluding diaryl/α,β-unsaturated/α-hetero) is 1. The number of aliphatic hydroxyl groups excluding tert-OH is 1. The van der Waals surface area contributed by atoms with Gasteiger partial charge in [-0.3, -0.25) is 14.5 Å². The topological polar surface area (TPSA) is 76.1 Å². The summed E-state index contributed by atoms with van der Waals surface area (Å²) >= 11 is 5.98. The fourth-order valence-corrected chi connectivity index (χ4v) is 4.16. The van der Waals surface area contributed by atoms with Crippen molar-refractivity contribution in [1.82, 2.24) is 0 Å². The van der Waals surface area contributed by atoms with E-state index in [1.54, 1.807) is 48.5 Å². The van der Waals surface area contributed by atoms with Crippen molar-refractivity contribution < 1.29 is 28.6 Å². The van der Waals surface area contributed by atoms with Crippen LogP contribution in [0.1, 0.15) is 31.0 Å². The van der Waals surface area contributed by atoms with Gasteiger partial charge in [-0.1, -0.05) is 37.6 Å². The van der Waals surface area contributed by atoms with E-state index in [0.29, 0.717) is 35.2 Å². The van der Waals surface area contributed by atoms with Crippen molar-refractivity contribution in [3.8, 4) is 11.5 Å². The molecular formula is C28H25ClFNO5. The van der Waals surface area contributed by atoms with Gasteiger partial charge < -0.3 is 14.6 Å². The van der Waals surface area contributed by atoms with Crippen LogP contribution in [0.4, 0.5) is 10.1 Å². The van der Waals surface area contributed by atoms with Gasteiger partial charge in [0.05, 0.1) is 30.4 Å². The fourth-order valence-electron chi connectivity index (χ4n) is 3.99. The van der Waals surface area contributed by atoms with E-state index in [1.807, 2.05) is 13.8 Å². The van der Waals surface area contributed by atoms with E-state index in [9.17, 15) is 19.1 Å². The van der Waals surface area contributed by atoms with Gasteiger partial charge in [-0.2, -0.15) is 0 Å². The molecule has 0 aromatic heterocycles. The first kappa shape index (κ1) is 25.3. The standard InChI is InChI=1S/C28H25ClFNO5/c1-16(2)15-36-20-10-7-17(8-11-20)26(32)24-25(18-5-4-6-21(13-18)35-3)31(28(34)27(24)33)19-9-12-23(30)22(29)14-19/h4-14,16,25,32H,15H2,1-3H3/b26-24+. The van der Waals surface area contributed by atoms with Gasteiger partial charge >= 0.3 is 0 Å². The Kier molecular flexibility index (Phi) is 7.31. The third-order valence-corrected chi connectivity index (χ3v) is 6.04. The number of ketones is 1. The van der Waals surface area contributed by atoms with E-state index in [1.165, 1.54) is 24.1 Å². The average Bonchev–Trinajstić information content (AvgIpc) is 3.14. The van der Waals surface area contributed by atoms with Crippen LogP contribution in [-0.2, 0) is 9.59 Å². The van der Waals surface area contributed by atoms with Crippen LogP contribution < -0.4 is 14.4 Å². The highest BCUT2D eigenvalue weighted by molar-refractivity contribution is 6.51. The van der Waals surface area contributed by atoms with Crippen molar-refractivity contribution >= 4 is 34.7 Å². The third kappa shape index (κ3) is 4.93. The first-order chi connectivity index (χ1) is 17.2. The Balaban J connectivity index is 1.85. The maximum atomic E-state index is 13.9. The normalized spacial score (nSPS) is 17.1. The van der Waals surface area contributed by atoms with Crippen molar-refractivity contribution in [1.29, 1.82) is 0 Å². The molecule has 1 fully saturated rings. The van der Waals surface area contributed by atoms with E-state index in [0.717, 1.165) is 6.07 Å². The monoisotopic (exact) mass is 509 g/mol. The molecule has 0 aliphatic carbocycles. The number of methoxy groups -OCH3 is 1. The van der Waals surface area contributed by atoms with Gasteiger partial charge in [-0.25, -0.2) is 4.39 Å². The maximum Gasteiger partial charge on any atom is 0.300 e. The van der Waals surface area contributed by atoms with Crippen LogP contribution in [0.25, 0.3) is 5.76 Å². The summed E-state index contributed by atoms with van der Waals surface area (Å²) < 4.78 is 24.9. The number of anilines is 1. The molecule has 1 unspecified atom stereocenters. The lowest BCUT2D eigenvalue weighted by atomic mass is 9.95. The van der Waals surface area contributed by atoms with Crippen LogP contribution in [-0.4, -0.2) is 30.5 Å². The summed E-state index contributed by atoms with van der Waals surface area (Å²) in [6, 6.07) is 16.2. The number of hydrogen-bond donors (Lipinski definition) is 1. The van der Waals surface area contributed by atoms with Crippen LogP contribution in [0.2, 0.25) is 5.02 Å². The molecule has 1 aliphatic heterocycles. The Morgan fingerprint density at radius 2 is 1.78 bits per heavy atom. The molecule has 6 nitrogen and oxygen atoms in total. The van der Waals surface area contributed by atoms with Gasteiger partial charge in [0, 0.05) is 11.3 Å². The van der Waals surface area contributed by atoms with Crippen molar-refractivity contribution in [2.45, 2.75) is 19.9 Å². The molecule has 36 heavy (non-hydrogen) atoms. The van der Waals surface area contributed by atoms with Gasteiger partial charge in [-0.05, 0) is 66.1 Å². The summed E-state index contributed by atoms with van der Waals surface area (Å²) in [5, 5.41) is 11.1. The van der Waals surface area contributed by atoms with E-state index in [4.69, 9.17) is 21.1 Å².